The van der Waals surface area contributed by atoms with Gasteiger partial charge in [0.25, 0.3) is 0 Å². The number of nitrogens with one attached hydrogen (secondary N) is 1. The number of rotatable bonds is 6. The van der Waals surface area contributed by atoms with Gasteiger partial charge in [0.05, 0.1) is 5.69 Å². The standard InChI is InChI=1S/C17H24N2O2S/c1-3-4-11-18-16(20)9-10-17(21)19-12-13(2)22-15-8-6-5-7-14(15)19/h5-8,13H,3-4,9-12H2,1-2H3,(H,18,20)/t13-/m0/s1. The third kappa shape index (κ3) is 4.50. The van der Waals surface area contributed by atoms with Gasteiger partial charge in [0.1, 0.15) is 0 Å². The number of unbranched alkanes of at least 4 members (excludes halogenated alkanes) is 1. The molecule has 1 aromatic rings. The zero-order valence-corrected chi connectivity index (χ0v) is 14.1. The number of benzene rings is 1. The Hall–Kier alpha value is -1.49. The summed E-state index contributed by atoms with van der Waals surface area (Å²) in [6.07, 6.45) is 2.57. The molecule has 1 atom stereocenters. The summed E-state index contributed by atoms with van der Waals surface area (Å²) in [5.74, 6) is -0.000223. The number of hydrogen-bond acceptors (Lipinski definition) is 3. The Labute approximate surface area is 136 Å². The maximum Gasteiger partial charge on any atom is 0.227 e. The number of fused-ring (bicyclic) bond motifs is 1. The summed E-state index contributed by atoms with van der Waals surface area (Å²) in [5.41, 5.74) is 0.974. The summed E-state index contributed by atoms with van der Waals surface area (Å²) in [5, 5.41) is 3.23. The van der Waals surface area contributed by atoms with Crippen molar-refractivity contribution >= 4 is 29.3 Å². The van der Waals surface area contributed by atoms with Crippen molar-refractivity contribution in [3.63, 3.8) is 0 Å². The second-order valence-corrected chi connectivity index (χ2v) is 7.08. The fraction of sp³-hybridized carbons (Fsp3) is 0.529. The van der Waals surface area contributed by atoms with E-state index in [9.17, 15) is 9.59 Å². The molecule has 0 aliphatic carbocycles. The van der Waals surface area contributed by atoms with E-state index in [1.807, 2.05) is 29.2 Å². The van der Waals surface area contributed by atoms with Crippen molar-refractivity contribution in [2.75, 3.05) is 18.0 Å². The molecule has 0 bridgehead atoms. The zero-order chi connectivity index (χ0) is 15.9. The van der Waals surface area contributed by atoms with Gasteiger partial charge in [-0.05, 0) is 18.6 Å². The van der Waals surface area contributed by atoms with E-state index in [0.29, 0.717) is 18.3 Å². The summed E-state index contributed by atoms with van der Waals surface area (Å²) >= 11 is 1.80. The summed E-state index contributed by atoms with van der Waals surface area (Å²) in [6.45, 7) is 5.61. The highest BCUT2D eigenvalue weighted by Crippen LogP contribution is 2.38. The van der Waals surface area contributed by atoms with Crippen molar-refractivity contribution in [2.24, 2.45) is 0 Å². The summed E-state index contributed by atoms with van der Waals surface area (Å²) in [6, 6.07) is 7.97. The molecule has 5 heteroatoms. The molecule has 120 valence electrons. The van der Waals surface area contributed by atoms with Crippen molar-refractivity contribution in [2.45, 2.75) is 49.7 Å². The minimum absolute atomic E-state index is 0.0326. The Morgan fingerprint density at radius 1 is 1.32 bits per heavy atom. The van der Waals surface area contributed by atoms with Crippen LogP contribution in [-0.2, 0) is 9.59 Å². The van der Waals surface area contributed by atoms with Crippen molar-refractivity contribution in [3.05, 3.63) is 24.3 Å². The number of thioether (sulfide) groups is 1. The molecule has 1 N–H and O–H groups in total. The number of hydrogen-bond donors (Lipinski definition) is 1. The highest BCUT2D eigenvalue weighted by atomic mass is 32.2. The van der Waals surface area contributed by atoms with Crippen LogP contribution < -0.4 is 10.2 Å². The second kappa shape index (κ2) is 8.22. The van der Waals surface area contributed by atoms with E-state index in [1.54, 1.807) is 11.8 Å². The van der Waals surface area contributed by atoms with Gasteiger partial charge in [-0.2, -0.15) is 0 Å². The normalized spacial score (nSPS) is 17.0. The fourth-order valence-electron chi connectivity index (χ4n) is 2.47. The first-order chi connectivity index (χ1) is 10.6. The molecule has 1 aliphatic rings. The highest BCUT2D eigenvalue weighted by molar-refractivity contribution is 8.00. The quantitative estimate of drug-likeness (QED) is 0.819. The van der Waals surface area contributed by atoms with E-state index in [0.717, 1.165) is 23.4 Å². The van der Waals surface area contributed by atoms with Crippen molar-refractivity contribution in [3.8, 4) is 0 Å². The molecule has 0 fully saturated rings. The van der Waals surface area contributed by atoms with E-state index in [-0.39, 0.29) is 24.7 Å². The van der Waals surface area contributed by atoms with Gasteiger partial charge in [0.15, 0.2) is 0 Å². The molecule has 1 aromatic carbocycles. The van der Waals surface area contributed by atoms with E-state index < -0.39 is 0 Å². The van der Waals surface area contributed by atoms with Crippen LogP contribution in [0.5, 0.6) is 0 Å². The molecule has 1 aliphatic heterocycles. The Morgan fingerprint density at radius 3 is 2.86 bits per heavy atom. The summed E-state index contributed by atoms with van der Waals surface area (Å²) in [4.78, 5) is 27.2. The first kappa shape index (κ1) is 16.9. The van der Waals surface area contributed by atoms with Gasteiger partial charge in [-0.25, -0.2) is 0 Å². The van der Waals surface area contributed by atoms with Gasteiger partial charge in [0, 0.05) is 36.1 Å². The number of nitrogens with zero attached hydrogens (tertiary/aromatic N) is 1. The maximum atomic E-state index is 12.5. The number of anilines is 1. The molecule has 0 saturated heterocycles. The lowest BCUT2D eigenvalue weighted by Crippen LogP contribution is -2.39. The molecule has 0 unspecified atom stereocenters. The number of amides is 2. The Kier molecular flexibility index (Phi) is 6.31. The lowest BCUT2D eigenvalue weighted by atomic mass is 10.2. The van der Waals surface area contributed by atoms with Crippen LogP contribution in [0.25, 0.3) is 0 Å². The maximum absolute atomic E-state index is 12.5. The first-order valence-electron chi connectivity index (χ1n) is 7.94. The molecule has 1 heterocycles. The average Bonchev–Trinajstić information content (AvgIpc) is 2.52. The predicted molar refractivity (Wildman–Crippen MR) is 91.3 cm³/mol. The highest BCUT2D eigenvalue weighted by Gasteiger charge is 2.26. The third-order valence-corrected chi connectivity index (χ3v) is 4.79. The van der Waals surface area contributed by atoms with Crippen LogP contribution in [-0.4, -0.2) is 30.2 Å². The largest absolute Gasteiger partial charge is 0.356 e. The van der Waals surface area contributed by atoms with E-state index in [4.69, 9.17) is 0 Å². The van der Waals surface area contributed by atoms with Crippen LogP contribution in [0.15, 0.2) is 29.2 Å². The minimum atomic E-state index is -0.0329. The third-order valence-electron chi connectivity index (χ3n) is 3.64. The monoisotopic (exact) mass is 320 g/mol. The molecule has 0 aromatic heterocycles. The zero-order valence-electron chi connectivity index (χ0n) is 13.3. The molecule has 2 amide bonds. The van der Waals surface area contributed by atoms with Crippen LogP contribution in [0.1, 0.15) is 39.5 Å². The summed E-state index contributed by atoms with van der Waals surface area (Å²) < 4.78 is 0. The van der Waals surface area contributed by atoms with Crippen molar-refractivity contribution in [1.29, 1.82) is 0 Å². The van der Waals surface area contributed by atoms with Gasteiger partial charge in [-0.15, -0.1) is 11.8 Å². The molecule has 2 rings (SSSR count). The van der Waals surface area contributed by atoms with Crippen LogP contribution in [0.2, 0.25) is 0 Å². The lowest BCUT2D eigenvalue weighted by molar-refractivity contribution is -0.125. The van der Waals surface area contributed by atoms with Gasteiger partial charge in [-0.3, -0.25) is 9.59 Å². The Bertz CT molecular complexity index is 533. The van der Waals surface area contributed by atoms with E-state index in [2.05, 4.69) is 19.2 Å². The van der Waals surface area contributed by atoms with Crippen molar-refractivity contribution < 1.29 is 9.59 Å². The Balaban J connectivity index is 1.91. The second-order valence-electron chi connectivity index (χ2n) is 5.60. The molecular weight excluding hydrogens is 296 g/mol. The lowest BCUT2D eigenvalue weighted by Gasteiger charge is -2.32. The Morgan fingerprint density at radius 2 is 2.09 bits per heavy atom. The summed E-state index contributed by atoms with van der Waals surface area (Å²) in [7, 11) is 0. The first-order valence-corrected chi connectivity index (χ1v) is 8.82. The SMILES string of the molecule is CCCCNC(=O)CCC(=O)N1C[C@H](C)Sc2ccccc21. The smallest absolute Gasteiger partial charge is 0.227 e. The minimum Gasteiger partial charge on any atom is -0.356 e. The van der Waals surface area contributed by atoms with Gasteiger partial charge in [0.2, 0.25) is 11.8 Å². The molecule has 0 radical (unpaired) electrons. The molecular formula is C17H24N2O2S. The van der Waals surface area contributed by atoms with E-state index in [1.165, 1.54) is 0 Å². The van der Waals surface area contributed by atoms with Crippen molar-refractivity contribution in [1.82, 2.24) is 5.32 Å². The van der Waals surface area contributed by atoms with Gasteiger partial charge in [-0.1, -0.05) is 32.4 Å². The van der Waals surface area contributed by atoms with Crippen LogP contribution in [0, 0.1) is 0 Å². The number of carbonyl (C=O) groups excluding carboxylic acids is 2. The van der Waals surface area contributed by atoms with Gasteiger partial charge < -0.3 is 10.2 Å². The predicted octanol–water partition coefficient (Wildman–Crippen LogP) is 3.21. The average molecular weight is 320 g/mol. The van der Waals surface area contributed by atoms with Crippen LogP contribution in [0.4, 0.5) is 5.69 Å². The van der Waals surface area contributed by atoms with Gasteiger partial charge >= 0.3 is 0 Å². The van der Waals surface area contributed by atoms with Crippen LogP contribution in [0.3, 0.4) is 0 Å². The molecule has 0 saturated carbocycles. The van der Waals surface area contributed by atoms with Crippen LogP contribution >= 0.6 is 11.8 Å². The number of carbonyl (C=O) groups is 2. The molecule has 22 heavy (non-hydrogen) atoms. The fourth-order valence-corrected chi connectivity index (χ4v) is 3.59. The van der Waals surface area contributed by atoms with E-state index >= 15 is 0 Å². The topological polar surface area (TPSA) is 49.4 Å². The molecule has 4 nitrogen and oxygen atoms in total. The molecule has 0 spiro atoms. The number of para-hydroxylation sites is 1.